The number of alkyl carbamates (subject to hydrolysis) is 1. The maximum atomic E-state index is 13.7. The standard InChI is InChI=1S/C23H39F3N4O5S/c1-23(2,3)35-22(32)29-17-5-4-6-18(17)30-36(33,34)19-9-12(7-8-16(19)27)21(31)28-13-10-14(24)20(26)15(25)11-13/h12-20,30H,4-11,27H2,1-3H3,(H,28,31)(H,29,32)/t12?,13?,14?,15?,16?,17-,18+,19?,20?/m0/s1. The van der Waals surface area contributed by atoms with Gasteiger partial charge in [0.1, 0.15) is 17.9 Å². The van der Waals surface area contributed by atoms with Crippen LogP contribution < -0.4 is 21.1 Å². The summed E-state index contributed by atoms with van der Waals surface area (Å²) in [4.78, 5) is 25.0. The molecule has 5 N–H and O–H groups in total. The topological polar surface area (TPSA) is 140 Å². The van der Waals surface area contributed by atoms with E-state index in [-0.39, 0.29) is 25.7 Å². The molecule has 0 aromatic rings. The number of halogens is 3. The normalized spacial score (nSPS) is 37.8. The lowest BCUT2D eigenvalue weighted by Gasteiger charge is -2.36. The van der Waals surface area contributed by atoms with Gasteiger partial charge in [-0.2, -0.15) is 0 Å². The summed E-state index contributed by atoms with van der Waals surface area (Å²) in [5.41, 5.74) is 5.45. The number of nitrogens with one attached hydrogen (secondary N) is 3. The second kappa shape index (κ2) is 11.4. The fourth-order valence-electron chi connectivity index (χ4n) is 5.34. The zero-order chi connectivity index (χ0) is 26.8. The Hall–Kier alpha value is -1.60. The van der Waals surface area contributed by atoms with Crippen LogP contribution in [0.2, 0.25) is 0 Å². The van der Waals surface area contributed by atoms with Gasteiger partial charge in [0.05, 0.1) is 5.25 Å². The molecule has 2 amide bonds. The molecule has 208 valence electrons. The number of hydrogen-bond donors (Lipinski definition) is 4. The monoisotopic (exact) mass is 540 g/mol. The van der Waals surface area contributed by atoms with Crippen molar-refractivity contribution in [3.63, 3.8) is 0 Å². The molecule has 3 aliphatic rings. The van der Waals surface area contributed by atoms with Crippen LogP contribution in [-0.2, 0) is 19.6 Å². The molecule has 0 aliphatic heterocycles. The number of alkyl halides is 3. The summed E-state index contributed by atoms with van der Waals surface area (Å²) in [6.07, 6.45) is -5.07. The number of ether oxygens (including phenoxy) is 1. The van der Waals surface area contributed by atoms with Gasteiger partial charge >= 0.3 is 6.09 Å². The van der Waals surface area contributed by atoms with E-state index in [0.717, 1.165) is 0 Å². The van der Waals surface area contributed by atoms with Gasteiger partial charge in [-0.3, -0.25) is 4.79 Å². The minimum absolute atomic E-state index is 0.0459. The van der Waals surface area contributed by atoms with Gasteiger partial charge in [-0.25, -0.2) is 31.1 Å². The predicted molar refractivity (Wildman–Crippen MR) is 128 cm³/mol. The van der Waals surface area contributed by atoms with E-state index in [4.69, 9.17) is 10.5 Å². The van der Waals surface area contributed by atoms with Gasteiger partial charge in [0.15, 0.2) is 6.17 Å². The van der Waals surface area contributed by atoms with E-state index in [1.807, 2.05) is 0 Å². The smallest absolute Gasteiger partial charge is 0.407 e. The van der Waals surface area contributed by atoms with Crippen LogP contribution in [-0.4, -0.2) is 74.0 Å². The summed E-state index contributed by atoms with van der Waals surface area (Å²) in [7, 11) is -3.96. The Morgan fingerprint density at radius 2 is 1.53 bits per heavy atom. The fourth-order valence-corrected chi connectivity index (χ4v) is 7.30. The molecule has 3 saturated carbocycles. The van der Waals surface area contributed by atoms with Crippen LogP contribution in [0.1, 0.15) is 72.1 Å². The van der Waals surface area contributed by atoms with Crippen LogP contribution in [0.4, 0.5) is 18.0 Å². The Morgan fingerprint density at radius 1 is 0.917 bits per heavy atom. The van der Waals surface area contributed by atoms with E-state index < -0.39 is 81.5 Å². The largest absolute Gasteiger partial charge is 0.444 e. The molecule has 0 spiro atoms. The van der Waals surface area contributed by atoms with Crippen LogP contribution in [0.25, 0.3) is 0 Å². The highest BCUT2D eigenvalue weighted by molar-refractivity contribution is 7.90. The summed E-state index contributed by atoms with van der Waals surface area (Å²) in [6.45, 7) is 5.20. The number of rotatable bonds is 6. The number of carbonyl (C=O) groups is 2. The Balaban J connectivity index is 1.59. The zero-order valence-corrected chi connectivity index (χ0v) is 21.8. The summed E-state index contributed by atoms with van der Waals surface area (Å²) in [6, 6.07) is -2.53. The van der Waals surface area contributed by atoms with Crippen molar-refractivity contribution in [2.75, 3.05) is 0 Å². The van der Waals surface area contributed by atoms with Gasteiger partial charge in [0.2, 0.25) is 15.9 Å². The fraction of sp³-hybridized carbons (Fsp3) is 0.913. The highest BCUT2D eigenvalue weighted by Crippen LogP contribution is 2.31. The molecule has 0 radical (unpaired) electrons. The lowest BCUT2D eigenvalue weighted by Crippen LogP contribution is -2.56. The van der Waals surface area contributed by atoms with E-state index in [1.165, 1.54) is 0 Å². The SMILES string of the molecule is CC(C)(C)OC(=O)N[C@H]1CCC[C@H]1NS(=O)(=O)C1CC(C(=O)NC2CC(F)C(F)C(F)C2)CCC1N. The second-order valence-corrected chi connectivity index (χ2v) is 13.2. The molecule has 3 aliphatic carbocycles. The minimum Gasteiger partial charge on any atom is -0.444 e. The van der Waals surface area contributed by atoms with E-state index >= 15 is 0 Å². The molecule has 0 saturated heterocycles. The Labute approximate surface area is 210 Å². The van der Waals surface area contributed by atoms with Crippen molar-refractivity contribution >= 4 is 22.0 Å². The molecule has 36 heavy (non-hydrogen) atoms. The van der Waals surface area contributed by atoms with Crippen LogP contribution in [0, 0.1) is 5.92 Å². The van der Waals surface area contributed by atoms with Crippen LogP contribution in [0.5, 0.6) is 0 Å². The molecule has 0 bridgehead atoms. The molecule has 13 heteroatoms. The van der Waals surface area contributed by atoms with Gasteiger partial charge in [0, 0.05) is 42.9 Å². The first-order valence-corrected chi connectivity index (χ1v) is 14.2. The van der Waals surface area contributed by atoms with E-state index in [1.54, 1.807) is 20.8 Å². The maximum absolute atomic E-state index is 13.7. The van der Waals surface area contributed by atoms with E-state index in [9.17, 15) is 31.2 Å². The Bertz CT molecular complexity index is 891. The number of sulfonamides is 1. The first-order chi connectivity index (χ1) is 16.7. The van der Waals surface area contributed by atoms with Crippen molar-refractivity contribution in [1.82, 2.24) is 15.4 Å². The van der Waals surface area contributed by atoms with Crippen LogP contribution in [0.3, 0.4) is 0 Å². The lowest BCUT2D eigenvalue weighted by molar-refractivity contribution is -0.127. The quantitative estimate of drug-likeness (QED) is 0.407. The maximum Gasteiger partial charge on any atom is 0.407 e. The molecule has 0 aromatic heterocycles. The summed E-state index contributed by atoms with van der Waals surface area (Å²) in [5, 5.41) is 4.26. The second-order valence-electron chi connectivity index (χ2n) is 11.3. The lowest BCUT2D eigenvalue weighted by atomic mass is 9.84. The molecule has 9 nitrogen and oxygen atoms in total. The summed E-state index contributed by atoms with van der Waals surface area (Å²) >= 11 is 0. The molecule has 5 unspecified atom stereocenters. The number of amides is 2. The highest BCUT2D eigenvalue weighted by Gasteiger charge is 2.44. The van der Waals surface area contributed by atoms with Crippen molar-refractivity contribution in [2.45, 2.75) is 126 Å². The van der Waals surface area contributed by atoms with Crippen molar-refractivity contribution in [3.05, 3.63) is 0 Å². The summed E-state index contributed by atoms with van der Waals surface area (Å²) < 4.78 is 75.4. The summed E-state index contributed by atoms with van der Waals surface area (Å²) in [5.74, 6) is -1.21. The first-order valence-electron chi connectivity index (χ1n) is 12.6. The minimum atomic E-state index is -3.96. The molecule has 0 aromatic carbocycles. The molecular weight excluding hydrogens is 501 g/mol. The third-order valence-corrected chi connectivity index (χ3v) is 9.17. The number of hydrogen-bond acceptors (Lipinski definition) is 6. The third-order valence-electron chi connectivity index (χ3n) is 7.20. The average molecular weight is 541 g/mol. The van der Waals surface area contributed by atoms with Crippen molar-refractivity contribution in [1.29, 1.82) is 0 Å². The first kappa shape index (κ1) is 29.0. The van der Waals surface area contributed by atoms with Gasteiger partial charge in [0.25, 0.3) is 0 Å². The van der Waals surface area contributed by atoms with Crippen molar-refractivity contribution in [2.24, 2.45) is 11.7 Å². The number of nitrogens with two attached hydrogens (primary N) is 1. The van der Waals surface area contributed by atoms with Crippen molar-refractivity contribution in [3.8, 4) is 0 Å². The van der Waals surface area contributed by atoms with Crippen molar-refractivity contribution < 1.29 is 35.9 Å². The average Bonchev–Trinajstić information content (AvgIpc) is 3.16. The van der Waals surface area contributed by atoms with E-state index in [0.29, 0.717) is 25.7 Å². The molecule has 3 rings (SSSR count). The molecule has 3 fully saturated rings. The molecule has 7 atom stereocenters. The van der Waals surface area contributed by atoms with Gasteiger partial charge < -0.3 is 21.1 Å². The van der Waals surface area contributed by atoms with E-state index in [2.05, 4.69) is 15.4 Å². The molecular formula is C23H39F3N4O5S. The highest BCUT2D eigenvalue weighted by atomic mass is 32.2. The van der Waals surface area contributed by atoms with Gasteiger partial charge in [-0.15, -0.1) is 0 Å². The Morgan fingerprint density at radius 3 is 2.14 bits per heavy atom. The Kier molecular flexibility index (Phi) is 9.19. The third kappa shape index (κ3) is 7.47. The van der Waals surface area contributed by atoms with Crippen LogP contribution >= 0.6 is 0 Å². The zero-order valence-electron chi connectivity index (χ0n) is 21.0. The molecule has 0 heterocycles. The number of carbonyl (C=O) groups excluding carboxylic acids is 2. The van der Waals surface area contributed by atoms with Gasteiger partial charge in [-0.05, 0) is 59.3 Å². The van der Waals surface area contributed by atoms with Crippen LogP contribution in [0.15, 0.2) is 0 Å². The predicted octanol–water partition coefficient (Wildman–Crippen LogP) is 2.14. The van der Waals surface area contributed by atoms with Gasteiger partial charge in [-0.1, -0.05) is 0 Å².